The van der Waals surface area contributed by atoms with Gasteiger partial charge < -0.3 is 15.3 Å². The summed E-state index contributed by atoms with van der Waals surface area (Å²) in [5.41, 5.74) is 1.25. The number of benzene rings is 1. The monoisotopic (exact) mass is 290 g/mol. The van der Waals surface area contributed by atoms with Crippen molar-refractivity contribution in [2.45, 2.75) is 38.6 Å². The summed E-state index contributed by atoms with van der Waals surface area (Å²) >= 11 is 0. The molecule has 0 aromatic heterocycles. The maximum absolute atomic E-state index is 12.4. The van der Waals surface area contributed by atoms with Crippen LogP contribution in [0.2, 0.25) is 0 Å². The highest BCUT2D eigenvalue weighted by molar-refractivity contribution is 5.74. The molecule has 0 bridgehead atoms. The van der Waals surface area contributed by atoms with Crippen LogP contribution in [0.15, 0.2) is 30.3 Å². The first kappa shape index (κ1) is 15.8. The Hall–Kier alpha value is -1.55. The summed E-state index contributed by atoms with van der Waals surface area (Å²) in [5, 5.41) is 12.4. The van der Waals surface area contributed by atoms with Gasteiger partial charge in [-0.3, -0.25) is 0 Å². The number of nitrogens with one attached hydrogen (secondary N) is 1. The second-order valence-electron chi connectivity index (χ2n) is 5.88. The lowest BCUT2D eigenvalue weighted by Crippen LogP contribution is -2.49. The molecular formula is C17H26N2O2. The molecule has 0 spiro atoms. The molecule has 1 aliphatic heterocycles. The third-order valence-electron chi connectivity index (χ3n) is 4.21. The predicted octanol–water partition coefficient (Wildman–Crippen LogP) is 2.42. The van der Waals surface area contributed by atoms with E-state index in [-0.39, 0.29) is 24.6 Å². The van der Waals surface area contributed by atoms with Crippen molar-refractivity contribution in [3.05, 3.63) is 35.9 Å². The van der Waals surface area contributed by atoms with E-state index in [1.165, 1.54) is 5.56 Å². The molecule has 2 unspecified atom stereocenters. The van der Waals surface area contributed by atoms with Crippen LogP contribution in [-0.2, 0) is 6.42 Å². The number of amides is 2. The van der Waals surface area contributed by atoms with E-state index in [2.05, 4.69) is 24.4 Å². The molecule has 1 heterocycles. The number of piperidine rings is 1. The van der Waals surface area contributed by atoms with E-state index in [0.29, 0.717) is 6.54 Å². The maximum Gasteiger partial charge on any atom is 0.317 e. The van der Waals surface area contributed by atoms with E-state index in [0.717, 1.165) is 32.2 Å². The van der Waals surface area contributed by atoms with E-state index in [1.54, 1.807) is 0 Å². The van der Waals surface area contributed by atoms with Gasteiger partial charge in [-0.15, -0.1) is 0 Å². The van der Waals surface area contributed by atoms with Crippen LogP contribution >= 0.6 is 0 Å². The average molecular weight is 290 g/mol. The quantitative estimate of drug-likeness (QED) is 0.875. The lowest BCUT2D eigenvalue weighted by Gasteiger charge is -2.33. The molecule has 1 aliphatic rings. The number of nitrogens with zero attached hydrogens (tertiary/aromatic N) is 1. The Kier molecular flexibility index (Phi) is 6.05. The molecule has 1 fully saturated rings. The lowest BCUT2D eigenvalue weighted by atomic mass is 9.99. The molecule has 21 heavy (non-hydrogen) atoms. The van der Waals surface area contributed by atoms with Gasteiger partial charge in [0, 0.05) is 25.7 Å². The number of rotatable bonds is 5. The third-order valence-corrected chi connectivity index (χ3v) is 4.21. The zero-order valence-electron chi connectivity index (χ0n) is 12.8. The van der Waals surface area contributed by atoms with Gasteiger partial charge in [-0.2, -0.15) is 0 Å². The standard InChI is InChI=1S/C17H26N2O2/c1-2-16(11-14-7-4-3-5-8-14)18-17(21)19-10-6-9-15(12-19)13-20/h3-5,7-8,15-16,20H,2,6,9-13H2,1H3,(H,18,21). The largest absolute Gasteiger partial charge is 0.396 e. The maximum atomic E-state index is 12.4. The molecule has 2 N–H and O–H groups in total. The number of hydrogen-bond acceptors (Lipinski definition) is 2. The minimum atomic E-state index is 0.0101. The normalized spacial score (nSPS) is 20.1. The number of aliphatic hydroxyl groups excluding tert-OH is 1. The molecule has 0 radical (unpaired) electrons. The predicted molar refractivity (Wildman–Crippen MR) is 84.1 cm³/mol. The van der Waals surface area contributed by atoms with Gasteiger partial charge in [0.2, 0.25) is 0 Å². The summed E-state index contributed by atoms with van der Waals surface area (Å²) in [6.07, 6.45) is 3.77. The van der Waals surface area contributed by atoms with Crippen LogP contribution in [0.1, 0.15) is 31.7 Å². The van der Waals surface area contributed by atoms with Crippen molar-refractivity contribution in [1.82, 2.24) is 10.2 Å². The van der Waals surface area contributed by atoms with Gasteiger partial charge >= 0.3 is 6.03 Å². The summed E-state index contributed by atoms with van der Waals surface area (Å²) in [6, 6.07) is 10.4. The highest BCUT2D eigenvalue weighted by atomic mass is 16.3. The fourth-order valence-electron chi connectivity index (χ4n) is 2.86. The summed E-state index contributed by atoms with van der Waals surface area (Å²) in [4.78, 5) is 14.2. The average Bonchev–Trinajstić information content (AvgIpc) is 2.55. The number of carbonyl (C=O) groups is 1. The fourth-order valence-corrected chi connectivity index (χ4v) is 2.86. The Bertz CT molecular complexity index is 436. The van der Waals surface area contributed by atoms with Crippen molar-refractivity contribution < 1.29 is 9.90 Å². The van der Waals surface area contributed by atoms with Gasteiger partial charge in [0.1, 0.15) is 0 Å². The molecule has 4 nitrogen and oxygen atoms in total. The van der Waals surface area contributed by atoms with Gasteiger partial charge in [0.05, 0.1) is 0 Å². The van der Waals surface area contributed by atoms with Crippen molar-refractivity contribution in [3.63, 3.8) is 0 Å². The second-order valence-corrected chi connectivity index (χ2v) is 5.88. The highest BCUT2D eigenvalue weighted by Crippen LogP contribution is 2.16. The lowest BCUT2D eigenvalue weighted by molar-refractivity contribution is 0.127. The van der Waals surface area contributed by atoms with Crippen LogP contribution < -0.4 is 5.32 Å². The van der Waals surface area contributed by atoms with Crippen LogP contribution in [0.5, 0.6) is 0 Å². The fraction of sp³-hybridized carbons (Fsp3) is 0.588. The minimum absolute atomic E-state index is 0.0101. The molecule has 0 saturated carbocycles. The molecule has 2 amide bonds. The summed E-state index contributed by atoms with van der Waals surface area (Å²) in [5.74, 6) is 0.235. The number of carbonyl (C=O) groups excluding carboxylic acids is 1. The Morgan fingerprint density at radius 3 is 2.86 bits per heavy atom. The number of urea groups is 1. The topological polar surface area (TPSA) is 52.6 Å². The first-order valence-corrected chi connectivity index (χ1v) is 7.93. The first-order chi connectivity index (χ1) is 10.2. The number of hydrogen-bond donors (Lipinski definition) is 2. The molecule has 1 aromatic carbocycles. The van der Waals surface area contributed by atoms with Crippen molar-refractivity contribution in [2.75, 3.05) is 19.7 Å². The Balaban J connectivity index is 1.87. The summed E-state index contributed by atoms with van der Waals surface area (Å²) in [7, 11) is 0. The number of aliphatic hydroxyl groups is 1. The van der Waals surface area contributed by atoms with Crippen molar-refractivity contribution >= 4 is 6.03 Å². The van der Waals surface area contributed by atoms with Crippen molar-refractivity contribution in [3.8, 4) is 0 Å². The van der Waals surface area contributed by atoms with Gasteiger partial charge in [0.25, 0.3) is 0 Å². The smallest absolute Gasteiger partial charge is 0.317 e. The van der Waals surface area contributed by atoms with Gasteiger partial charge in [-0.25, -0.2) is 4.79 Å². The molecule has 116 valence electrons. The van der Waals surface area contributed by atoms with Gasteiger partial charge in [-0.1, -0.05) is 37.3 Å². The Morgan fingerprint density at radius 1 is 1.43 bits per heavy atom. The van der Waals surface area contributed by atoms with Crippen LogP contribution in [-0.4, -0.2) is 41.8 Å². The minimum Gasteiger partial charge on any atom is -0.396 e. The van der Waals surface area contributed by atoms with Crippen molar-refractivity contribution in [1.29, 1.82) is 0 Å². The van der Waals surface area contributed by atoms with E-state index >= 15 is 0 Å². The molecule has 2 atom stereocenters. The van der Waals surface area contributed by atoms with Crippen LogP contribution in [0.3, 0.4) is 0 Å². The zero-order chi connectivity index (χ0) is 15.1. The van der Waals surface area contributed by atoms with Crippen LogP contribution in [0, 0.1) is 5.92 Å². The van der Waals surface area contributed by atoms with E-state index in [9.17, 15) is 9.90 Å². The highest BCUT2D eigenvalue weighted by Gasteiger charge is 2.24. The van der Waals surface area contributed by atoms with Gasteiger partial charge in [-0.05, 0) is 37.2 Å². The summed E-state index contributed by atoms with van der Waals surface area (Å²) in [6.45, 7) is 3.74. The number of likely N-dealkylation sites (tertiary alicyclic amines) is 1. The Labute approximate surface area is 127 Å². The molecule has 4 heteroatoms. The van der Waals surface area contributed by atoms with Crippen molar-refractivity contribution in [2.24, 2.45) is 5.92 Å². The van der Waals surface area contributed by atoms with E-state index in [1.807, 2.05) is 23.1 Å². The SMILES string of the molecule is CCC(Cc1ccccc1)NC(=O)N1CCCC(CO)C1. The zero-order valence-corrected chi connectivity index (χ0v) is 12.8. The van der Waals surface area contributed by atoms with E-state index < -0.39 is 0 Å². The first-order valence-electron chi connectivity index (χ1n) is 7.93. The Morgan fingerprint density at radius 2 is 2.19 bits per heavy atom. The van der Waals surface area contributed by atoms with Crippen LogP contribution in [0.25, 0.3) is 0 Å². The molecule has 0 aliphatic carbocycles. The second kappa shape index (κ2) is 8.03. The third kappa shape index (κ3) is 4.74. The van der Waals surface area contributed by atoms with Crippen LogP contribution in [0.4, 0.5) is 4.79 Å². The molecule has 1 saturated heterocycles. The molecule has 2 rings (SSSR count). The summed E-state index contributed by atoms with van der Waals surface area (Å²) < 4.78 is 0. The van der Waals surface area contributed by atoms with E-state index in [4.69, 9.17) is 0 Å². The molecular weight excluding hydrogens is 264 g/mol. The van der Waals surface area contributed by atoms with Gasteiger partial charge in [0.15, 0.2) is 0 Å². The molecule has 1 aromatic rings.